The average molecular weight is 359 g/mol. The third-order valence-corrected chi connectivity index (χ3v) is 4.88. The van der Waals surface area contributed by atoms with Crippen LogP contribution in [0, 0.1) is 5.92 Å². The molecule has 0 unspecified atom stereocenters. The van der Waals surface area contributed by atoms with Gasteiger partial charge >= 0.3 is 0 Å². The van der Waals surface area contributed by atoms with E-state index in [1.807, 2.05) is 13.8 Å². The Balaban J connectivity index is 2.16. The van der Waals surface area contributed by atoms with Crippen molar-refractivity contribution < 1.29 is 9.59 Å². The SMILES string of the molecule is CC(C)CNC(=O)c1ccccc1NC(=O)c1cnc(C(C)(C)C)s1. The molecule has 0 aliphatic carbocycles. The molecule has 25 heavy (non-hydrogen) atoms. The number of nitrogens with zero attached hydrogens (tertiary/aromatic N) is 1. The average Bonchev–Trinajstić information content (AvgIpc) is 3.03. The third-order valence-electron chi connectivity index (χ3n) is 3.46. The van der Waals surface area contributed by atoms with Crippen molar-refractivity contribution >= 4 is 28.8 Å². The van der Waals surface area contributed by atoms with E-state index in [0.29, 0.717) is 28.6 Å². The highest BCUT2D eigenvalue weighted by atomic mass is 32.1. The predicted molar refractivity (Wildman–Crippen MR) is 102 cm³/mol. The summed E-state index contributed by atoms with van der Waals surface area (Å²) < 4.78 is 0. The summed E-state index contributed by atoms with van der Waals surface area (Å²) in [4.78, 5) is 29.7. The smallest absolute Gasteiger partial charge is 0.267 e. The monoisotopic (exact) mass is 359 g/mol. The van der Waals surface area contributed by atoms with Gasteiger partial charge in [0.15, 0.2) is 0 Å². The first kappa shape index (κ1) is 19.1. The summed E-state index contributed by atoms with van der Waals surface area (Å²) in [5, 5.41) is 6.61. The minimum absolute atomic E-state index is 0.0994. The van der Waals surface area contributed by atoms with Gasteiger partial charge in [0.1, 0.15) is 4.88 Å². The van der Waals surface area contributed by atoms with Crippen LogP contribution in [0.1, 0.15) is 59.7 Å². The van der Waals surface area contributed by atoms with Crippen LogP contribution in [0.2, 0.25) is 0 Å². The van der Waals surface area contributed by atoms with Gasteiger partial charge in [-0.3, -0.25) is 9.59 Å². The van der Waals surface area contributed by atoms with E-state index >= 15 is 0 Å². The number of nitrogens with one attached hydrogen (secondary N) is 2. The predicted octanol–water partition coefficient (Wildman–Crippen LogP) is 4.08. The summed E-state index contributed by atoms with van der Waals surface area (Å²) in [7, 11) is 0. The number of hydrogen-bond donors (Lipinski definition) is 2. The molecule has 1 aromatic carbocycles. The minimum atomic E-state index is -0.253. The highest BCUT2D eigenvalue weighted by Crippen LogP contribution is 2.27. The summed E-state index contributed by atoms with van der Waals surface area (Å²) in [6.07, 6.45) is 1.59. The van der Waals surface area contributed by atoms with Crippen molar-refractivity contribution in [2.45, 2.75) is 40.0 Å². The van der Waals surface area contributed by atoms with E-state index in [0.717, 1.165) is 5.01 Å². The highest BCUT2D eigenvalue weighted by molar-refractivity contribution is 7.13. The van der Waals surface area contributed by atoms with Gasteiger partial charge in [0.2, 0.25) is 0 Å². The van der Waals surface area contributed by atoms with E-state index in [1.165, 1.54) is 11.3 Å². The summed E-state index contributed by atoms with van der Waals surface area (Å²) >= 11 is 1.37. The van der Waals surface area contributed by atoms with Crippen molar-refractivity contribution in [3.8, 4) is 0 Å². The second-order valence-corrected chi connectivity index (χ2v) is 8.41. The van der Waals surface area contributed by atoms with Crippen LogP contribution in [0.5, 0.6) is 0 Å². The van der Waals surface area contributed by atoms with Crippen LogP contribution >= 0.6 is 11.3 Å². The Morgan fingerprint density at radius 3 is 2.44 bits per heavy atom. The molecular weight excluding hydrogens is 334 g/mol. The zero-order valence-electron chi connectivity index (χ0n) is 15.3. The van der Waals surface area contributed by atoms with Crippen LogP contribution in [0.15, 0.2) is 30.5 Å². The summed E-state index contributed by atoms with van der Waals surface area (Å²) in [5.74, 6) is -0.0832. The number of anilines is 1. The maximum atomic E-state index is 12.5. The highest BCUT2D eigenvalue weighted by Gasteiger charge is 2.21. The van der Waals surface area contributed by atoms with Gasteiger partial charge in [-0.2, -0.15) is 0 Å². The van der Waals surface area contributed by atoms with Gasteiger partial charge in [0.25, 0.3) is 11.8 Å². The fourth-order valence-electron chi connectivity index (χ4n) is 2.09. The Morgan fingerprint density at radius 1 is 1.16 bits per heavy atom. The molecule has 0 fully saturated rings. The lowest BCUT2D eigenvalue weighted by molar-refractivity contribution is 0.0950. The van der Waals surface area contributed by atoms with E-state index < -0.39 is 0 Å². The topological polar surface area (TPSA) is 71.1 Å². The van der Waals surface area contributed by atoms with Crippen LogP contribution in [-0.2, 0) is 5.41 Å². The normalized spacial score (nSPS) is 11.4. The van der Waals surface area contributed by atoms with Crippen LogP contribution in [0.25, 0.3) is 0 Å². The Morgan fingerprint density at radius 2 is 1.84 bits per heavy atom. The Hall–Kier alpha value is -2.21. The van der Waals surface area contributed by atoms with Crippen LogP contribution in [0.4, 0.5) is 5.69 Å². The molecule has 1 aromatic heterocycles. The quantitative estimate of drug-likeness (QED) is 0.845. The first-order valence-corrected chi connectivity index (χ1v) is 9.15. The summed E-state index contributed by atoms with van der Waals surface area (Å²) in [6, 6.07) is 7.01. The van der Waals surface area contributed by atoms with Crippen LogP contribution in [-0.4, -0.2) is 23.3 Å². The first-order chi connectivity index (χ1) is 11.7. The van der Waals surface area contributed by atoms with Gasteiger partial charge in [0.05, 0.1) is 22.5 Å². The lowest BCUT2D eigenvalue weighted by atomic mass is 9.98. The van der Waals surface area contributed by atoms with E-state index in [9.17, 15) is 9.59 Å². The third kappa shape index (κ3) is 5.13. The van der Waals surface area contributed by atoms with Crippen molar-refractivity contribution in [3.05, 3.63) is 45.9 Å². The first-order valence-electron chi connectivity index (χ1n) is 8.33. The maximum absolute atomic E-state index is 12.5. The molecule has 2 amide bonds. The Bertz CT molecular complexity index is 760. The van der Waals surface area contributed by atoms with E-state index in [1.54, 1.807) is 30.5 Å². The molecule has 2 rings (SSSR count). The molecule has 0 saturated carbocycles. The fourth-order valence-corrected chi connectivity index (χ4v) is 2.96. The fraction of sp³-hybridized carbons (Fsp3) is 0.421. The Labute approximate surface area is 152 Å². The summed E-state index contributed by atoms with van der Waals surface area (Å²) in [5.41, 5.74) is 0.856. The molecule has 2 aromatic rings. The Kier molecular flexibility index (Phi) is 5.95. The molecule has 2 N–H and O–H groups in total. The standard InChI is InChI=1S/C19H25N3O2S/c1-12(2)10-20-16(23)13-8-6-7-9-14(13)22-17(24)15-11-21-18(25-15)19(3,4)5/h6-9,11-12H,10H2,1-5H3,(H,20,23)(H,22,24). The van der Waals surface area contributed by atoms with Crippen molar-refractivity contribution in [2.24, 2.45) is 5.92 Å². The number of carbonyl (C=O) groups is 2. The minimum Gasteiger partial charge on any atom is -0.352 e. The summed E-state index contributed by atoms with van der Waals surface area (Å²) in [6.45, 7) is 10.8. The van der Waals surface area contributed by atoms with Crippen molar-refractivity contribution in [2.75, 3.05) is 11.9 Å². The molecule has 1 heterocycles. The number of hydrogen-bond acceptors (Lipinski definition) is 4. The maximum Gasteiger partial charge on any atom is 0.267 e. The number of aromatic nitrogens is 1. The molecule has 0 radical (unpaired) electrons. The van der Waals surface area contributed by atoms with Crippen LogP contribution < -0.4 is 10.6 Å². The van der Waals surface area contributed by atoms with Gasteiger partial charge < -0.3 is 10.6 Å². The van der Waals surface area contributed by atoms with Crippen molar-refractivity contribution in [1.82, 2.24) is 10.3 Å². The van der Waals surface area contributed by atoms with E-state index in [2.05, 4.69) is 36.4 Å². The second-order valence-electron chi connectivity index (χ2n) is 7.38. The van der Waals surface area contributed by atoms with Crippen molar-refractivity contribution in [1.29, 1.82) is 0 Å². The van der Waals surface area contributed by atoms with E-state index in [-0.39, 0.29) is 17.2 Å². The molecule has 0 aliphatic rings. The van der Waals surface area contributed by atoms with Gasteiger partial charge in [0, 0.05) is 12.0 Å². The van der Waals surface area contributed by atoms with Gasteiger partial charge in [-0.1, -0.05) is 46.8 Å². The zero-order valence-corrected chi connectivity index (χ0v) is 16.2. The molecule has 0 saturated heterocycles. The van der Waals surface area contributed by atoms with E-state index in [4.69, 9.17) is 0 Å². The number of para-hydroxylation sites is 1. The number of thiazole rings is 1. The van der Waals surface area contributed by atoms with Gasteiger partial charge in [-0.15, -0.1) is 11.3 Å². The largest absolute Gasteiger partial charge is 0.352 e. The molecule has 0 atom stereocenters. The molecule has 134 valence electrons. The number of benzene rings is 1. The number of amides is 2. The number of rotatable bonds is 5. The number of carbonyl (C=O) groups excluding carboxylic acids is 2. The van der Waals surface area contributed by atoms with Crippen molar-refractivity contribution in [3.63, 3.8) is 0 Å². The van der Waals surface area contributed by atoms with Gasteiger partial charge in [-0.25, -0.2) is 4.98 Å². The van der Waals surface area contributed by atoms with Gasteiger partial charge in [-0.05, 0) is 18.1 Å². The lowest BCUT2D eigenvalue weighted by Gasteiger charge is -2.13. The molecule has 6 heteroatoms. The zero-order chi connectivity index (χ0) is 18.6. The van der Waals surface area contributed by atoms with Crippen LogP contribution in [0.3, 0.4) is 0 Å². The lowest BCUT2D eigenvalue weighted by Crippen LogP contribution is -2.28. The molecule has 0 spiro atoms. The molecule has 0 aliphatic heterocycles. The second kappa shape index (κ2) is 7.78. The molecular formula is C19H25N3O2S. The molecule has 5 nitrogen and oxygen atoms in total. The molecule has 0 bridgehead atoms.